The van der Waals surface area contributed by atoms with E-state index in [0.717, 1.165) is 0 Å². The van der Waals surface area contributed by atoms with E-state index in [9.17, 15) is 25.1 Å². The molecule has 0 heterocycles. The smallest absolute Gasteiger partial charge is 0.269 e. The molecular weight excluding hydrogens is 264 g/mol. The van der Waals surface area contributed by atoms with E-state index in [2.05, 4.69) is 5.32 Å². The molecule has 0 aliphatic rings. The Kier molecular flexibility index (Phi) is 5.60. The van der Waals surface area contributed by atoms with Crippen LogP contribution in [0.4, 0.5) is 5.69 Å². The van der Waals surface area contributed by atoms with Crippen LogP contribution in [0.2, 0.25) is 0 Å². The summed E-state index contributed by atoms with van der Waals surface area (Å²) in [7, 11) is 0. The third-order valence-corrected chi connectivity index (χ3v) is 2.97. The Labute approximate surface area is 116 Å². The summed E-state index contributed by atoms with van der Waals surface area (Å²) in [5.74, 6) is -0.224. The molecule has 2 unspecified atom stereocenters. The number of non-ortho nitro benzene ring substituents is 1. The number of aliphatic hydroxyl groups is 2. The Balaban J connectivity index is 2.79. The molecule has 7 nitrogen and oxygen atoms in total. The topological polar surface area (TPSA) is 113 Å². The van der Waals surface area contributed by atoms with Crippen LogP contribution in [-0.4, -0.2) is 33.7 Å². The molecule has 3 N–H and O–H groups in total. The average molecular weight is 282 g/mol. The van der Waals surface area contributed by atoms with Gasteiger partial charge in [0.15, 0.2) is 0 Å². The Bertz CT molecular complexity index is 504. The first-order valence-electron chi connectivity index (χ1n) is 6.18. The third kappa shape index (κ3) is 4.29. The van der Waals surface area contributed by atoms with Gasteiger partial charge in [-0.05, 0) is 24.5 Å². The first-order valence-corrected chi connectivity index (χ1v) is 6.18. The first kappa shape index (κ1) is 16.1. The van der Waals surface area contributed by atoms with Gasteiger partial charge in [0.05, 0.1) is 11.0 Å². The second kappa shape index (κ2) is 6.97. The van der Waals surface area contributed by atoms with Gasteiger partial charge in [0.25, 0.3) is 5.69 Å². The van der Waals surface area contributed by atoms with Crippen molar-refractivity contribution in [2.24, 2.45) is 0 Å². The summed E-state index contributed by atoms with van der Waals surface area (Å²) in [5.41, 5.74) is 0.829. The summed E-state index contributed by atoms with van der Waals surface area (Å²) in [4.78, 5) is 20.9. The van der Waals surface area contributed by atoms with Gasteiger partial charge >= 0.3 is 0 Å². The van der Waals surface area contributed by atoms with Crippen LogP contribution >= 0.6 is 0 Å². The summed E-state index contributed by atoms with van der Waals surface area (Å²) >= 11 is 0. The molecule has 110 valence electrons. The molecule has 7 heteroatoms. The van der Waals surface area contributed by atoms with Crippen LogP contribution < -0.4 is 5.32 Å². The lowest BCUT2D eigenvalue weighted by Crippen LogP contribution is -2.28. The fourth-order valence-electron chi connectivity index (χ4n) is 1.82. The molecule has 0 radical (unpaired) electrons. The van der Waals surface area contributed by atoms with Crippen LogP contribution in [0.1, 0.15) is 30.6 Å². The number of amides is 1. The van der Waals surface area contributed by atoms with E-state index >= 15 is 0 Å². The number of nitrogens with one attached hydrogen (secondary N) is 1. The van der Waals surface area contributed by atoms with E-state index in [-0.39, 0.29) is 24.6 Å². The zero-order valence-electron chi connectivity index (χ0n) is 11.4. The van der Waals surface area contributed by atoms with Crippen molar-refractivity contribution in [1.29, 1.82) is 0 Å². The van der Waals surface area contributed by atoms with E-state index in [1.165, 1.54) is 25.1 Å². The lowest BCUT2D eigenvalue weighted by Gasteiger charge is -2.19. The summed E-state index contributed by atoms with van der Waals surface area (Å²) in [5, 5.41) is 33.1. The summed E-state index contributed by atoms with van der Waals surface area (Å²) in [6, 6.07) is 4.12. The molecule has 20 heavy (non-hydrogen) atoms. The quantitative estimate of drug-likeness (QED) is 0.528. The molecule has 1 aromatic carbocycles. The number of hydrogen-bond acceptors (Lipinski definition) is 5. The number of rotatable bonds is 6. The lowest BCUT2D eigenvalue weighted by atomic mass is 9.97. The zero-order chi connectivity index (χ0) is 15.3. The van der Waals surface area contributed by atoms with Gasteiger partial charge < -0.3 is 15.5 Å². The second-order valence-electron chi connectivity index (χ2n) is 4.58. The first-order chi connectivity index (χ1) is 9.32. The summed E-state index contributed by atoms with van der Waals surface area (Å²) in [6.45, 7) is 3.28. The van der Waals surface area contributed by atoms with Crippen molar-refractivity contribution in [3.63, 3.8) is 0 Å². The van der Waals surface area contributed by atoms with Crippen molar-refractivity contribution >= 4 is 11.6 Å². The maximum absolute atomic E-state index is 10.7. The predicted octanol–water partition coefficient (Wildman–Crippen LogP) is 0.824. The molecule has 0 bridgehead atoms. The van der Waals surface area contributed by atoms with Gasteiger partial charge in [0.2, 0.25) is 5.91 Å². The number of hydrogen-bond donors (Lipinski definition) is 3. The van der Waals surface area contributed by atoms with Gasteiger partial charge in [-0.1, -0.05) is 6.07 Å². The van der Waals surface area contributed by atoms with Crippen molar-refractivity contribution in [3.8, 4) is 0 Å². The van der Waals surface area contributed by atoms with E-state index in [1.54, 1.807) is 6.92 Å². The van der Waals surface area contributed by atoms with Crippen molar-refractivity contribution in [2.45, 2.75) is 32.5 Å². The van der Waals surface area contributed by atoms with Gasteiger partial charge in [0.1, 0.15) is 6.10 Å². The largest absolute Gasteiger partial charge is 0.390 e. The van der Waals surface area contributed by atoms with E-state index in [4.69, 9.17) is 0 Å². The highest BCUT2D eigenvalue weighted by Crippen LogP contribution is 2.26. The minimum absolute atomic E-state index is 0.140. The Morgan fingerprint density at radius 1 is 1.45 bits per heavy atom. The number of carbonyl (C=O) groups is 1. The number of aliphatic hydroxyl groups excluding tert-OH is 2. The van der Waals surface area contributed by atoms with Crippen molar-refractivity contribution in [2.75, 3.05) is 6.54 Å². The lowest BCUT2D eigenvalue weighted by molar-refractivity contribution is -0.385. The molecule has 0 fully saturated rings. The van der Waals surface area contributed by atoms with Gasteiger partial charge in [-0.25, -0.2) is 0 Å². The number of nitrogens with zero attached hydrogens (tertiary/aromatic N) is 1. The van der Waals surface area contributed by atoms with Crippen LogP contribution in [0.3, 0.4) is 0 Å². The summed E-state index contributed by atoms with van der Waals surface area (Å²) < 4.78 is 0. The van der Waals surface area contributed by atoms with Crippen molar-refractivity contribution in [3.05, 3.63) is 39.4 Å². The molecule has 0 spiro atoms. The molecule has 1 aromatic rings. The fraction of sp³-hybridized carbons (Fsp3) is 0.462. The van der Waals surface area contributed by atoms with Crippen molar-refractivity contribution < 1.29 is 19.9 Å². The van der Waals surface area contributed by atoms with Crippen LogP contribution in [-0.2, 0) is 4.79 Å². The molecule has 0 aliphatic heterocycles. The van der Waals surface area contributed by atoms with Gasteiger partial charge in [0, 0.05) is 25.6 Å². The molecule has 0 saturated carbocycles. The molecule has 1 amide bonds. The molecule has 1 rings (SSSR count). The van der Waals surface area contributed by atoms with E-state index in [1.807, 2.05) is 0 Å². The highest BCUT2D eigenvalue weighted by atomic mass is 16.6. The monoisotopic (exact) mass is 282 g/mol. The Hall–Kier alpha value is -1.99. The predicted molar refractivity (Wildman–Crippen MR) is 72.1 cm³/mol. The maximum Gasteiger partial charge on any atom is 0.269 e. The number of nitro groups is 1. The number of benzene rings is 1. The van der Waals surface area contributed by atoms with Crippen molar-refractivity contribution in [1.82, 2.24) is 5.32 Å². The summed E-state index contributed by atoms with van der Waals surface area (Å²) in [6.07, 6.45) is -2.19. The number of carbonyl (C=O) groups excluding carboxylic acids is 1. The molecule has 0 aromatic heterocycles. The minimum Gasteiger partial charge on any atom is -0.390 e. The molecule has 2 atom stereocenters. The van der Waals surface area contributed by atoms with Crippen LogP contribution in [0.5, 0.6) is 0 Å². The highest BCUT2D eigenvalue weighted by molar-refractivity contribution is 5.72. The molecular formula is C13H18N2O5. The molecule has 0 aliphatic carbocycles. The maximum atomic E-state index is 10.7. The SMILES string of the molecule is CC(=O)NCCC(O)C(O)c1cc([N+](=O)[O-])ccc1C. The Morgan fingerprint density at radius 2 is 2.10 bits per heavy atom. The zero-order valence-corrected chi connectivity index (χ0v) is 11.4. The minimum atomic E-state index is -1.23. The van der Waals surface area contributed by atoms with Crippen LogP contribution in [0, 0.1) is 17.0 Å². The fourth-order valence-corrected chi connectivity index (χ4v) is 1.82. The standard InChI is InChI=1S/C13H18N2O5/c1-8-3-4-10(15(19)20)7-11(8)13(18)12(17)5-6-14-9(2)16/h3-4,7,12-13,17-18H,5-6H2,1-2H3,(H,14,16). The van der Waals surface area contributed by atoms with E-state index in [0.29, 0.717) is 11.1 Å². The molecule has 0 saturated heterocycles. The number of nitro benzene ring substituents is 1. The normalized spacial score (nSPS) is 13.6. The van der Waals surface area contributed by atoms with E-state index < -0.39 is 17.1 Å². The second-order valence-corrected chi connectivity index (χ2v) is 4.58. The third-order valence-electron chi connectivity index (χ3n) is 2.97. The van der Waals surface area contributed by atoms with Gasteiger partial charge in [-0.15, -0.1) is 0 Å². The van der Waals surface area contributed by atoms with Crippen LogP contribution in [0.25, 0.3) is 0 Å². The average Bonchev–Trinajstić information content (AvgIpc) is 2.37. The van der Waals surface area contributed by atoms with Crippen LogP contribution in [0.15, 0.2) is 18.2 Å². The number of aryl methyl sites for hydroxylation is 1. The van der Waals surface area contributed by atoms with Gasteiger partial charge in [-0.3, -0.25) is 14.9 Å². The van der Waals surface area contributed by atoms with Gasteiger partial charge in [-0.2, -0.15) is 0 Å². The highest BCUT2D eigenvalue weighted by Gasteiger charge is 2.22. The Morgan fingerprint density at radius 3 is 2.65 bits per heavy atom.